The molecule has 0 unspecified atom stereocenters. The van der Waals surface area contributed by atoms with E-state index in [9.17, 15) is 0 Å². The van der Waals surface area contributed by atoms with Crippen LogP contribution in [0.15, 0.2) is 12.1 Å². The molecule has 0 aliphatic heterocycles. The van der Waals surface area contributed by atoms with Crippen molar-refractivity contribution in [1.82, 2.24) is 0 Å². The first-order chi connectivity index (χ1) is 8.66. The molecule has 1 aromatic rings. The Morgan fingerprint density at radius 3 is 2.22 bits per heavy atom. The molecule has 0 aromatic heterocycles. The molecule has 18 heavy (non-hydrogen) atoms. The number of hydrogen-bond acceptors (Lipinski definition) is 0. The summed E-state index contributed by atoms with van der Waals surface area (Å²) >= 11 is 0. The van der Waals surface area contributed by atoms with Crippen LogP contribution in [0.2, 0.25) is 6.32 Å². The topological polar surface area (TPSA) is 0 Å². The summed E-state index contributed by atoms with van der Waals surface area (Å²) in [5.41, 5.74) is 5.82. The molecule has 0 heterocycles. The first-order valence-corrected chi connectivity index (χ1v) is 7.55. The second-order valence-corrected chi connectivity index (χ2v) is 6.09. The van der Waals surface area contributed by atoms with Crippen molar-refractivity contribution in [2.45, 2.75) is 65.5 Å². The van der Waals surface area contributed by atoms with Crippen molar-refractivity contribution in [1.29, 1.82) is 0 Å². The molecule has 1 radical (unpaired) electrons. The lowest BCUT2D eigenvalue weighted by Gasteiger charge is -2.21. The van der Waals surface area contributed by atoms with Crippen molar-refractivity contribution in [3.8, 4) is 0 Å². The molecule has 97 valence electrons. The molecule has 1 aromatic carbocycles. The molecule has 0 amide bonds. The molecular formula is C17H26B. The van der Waals surface area contributed by atoms with Crippen molar-refractivity contribution in [3.05, 3.63) is 34.4 Å². The van der Waals surface area contributed by atoms with E-state index < -0.39 is 0 Å². The smallest absolute Gasteiger partial charge is 0.0771 e. The number of aryl methyl sites for hydroxylation is 2. The van der Waals surface area contributed by atoms with E-state index in [0.717, 1.165) is 12.2 Å². The Kier molecular flexibility index (Phi) is 4.91. The maximum atomic E-state index is 2.51. The van der Waals surface area contributed by atoms with E-state index in [4.69, 9.17) is 0 Å². The minimum Gasteiger partial charge on any atom is -0.0771 e. The predicted molar refractivity (Wildman–Crippen MR) is 81.5 cm³/mol. The Bertz CT molecular complexity index is 366. The molecular weight excluding hydrogens is 215 g/mol. The average Bonchev–Trinajstić information content (AvgIpc) is 2.37. The summed E-state index contributed by atoms with van der Waals surface area (Å²) in [5.74, 6) is 0.978. The van der Waals surface area contributed by atoms with Crippen molar-refractivity contribution >= 4 is 7.28 Å². The van der Waals surface area contributed by atoms with Crippen molar-refractivity contribution in [2.24, 2.45) is 5.92 Å². The van der Waals surface area contributed by atoms with Gasteiger partial charge in [0.05, 0.1) is 0 Å². The highest BCUT2D eigenvalue weighted by molar-refractivity contribution is 6.35. The summed E-state index contributed by atoms with van der Waals surface area (Å²) in [6, 6.07) is 4.72. The third-order valence-electron chi connectivity index (χ3n) is 4.59. The van der Waals surface area contributed by atoms with Gasteiger partial charge in [-0.15, -0.1) is 0 Å². The zero-order valence-corrected chi connectivity index (χ0v) is 12.3. The normalized spacial score (nSPS) is 16.8. The van der Waals surface area contributed by atoms with Crippen LogP contribution in [0.3, 0.4) is 0 Å². The molecule has 0 atom stereocenters. The lowest BCUT2D eigenvalue weighted by molar-refractivity contribution is 0.384. The summed E-state index contributed by atoms with van der Waals surface area (Å²) in [7, 11) is 2.51. The Morgan fingerprint density at radius 1 is 1.00 bits per heavy atom. The van der Waals surface area contributed by atoms with Crippen molar-refractivity contribution in [2.75, 3.05) is 0 Å². The SMILES string of the molecule is Cc1cc(C[B]CC2CCCCC2)cc(C)c1C. The van der Waals surface area contributed by atoms with Crippen LogP contribution in [0.1, 0.15) is 54.4 Å². The molecule has 0 saturated heterocycles. The van der Waals surface area contributed by atoms with Crippen molar-refractivity contribution < 1.29 is 0 Å². The van der Waals surface area contributed by atoms with Gasteiger partial charge in [0.25, 0.3) is 0 Å². The Labute approximate surface area is 113 Å². The number of hydrogen-bond donors (Lipinski definition) is 0. The minimum absolute atomic E-state index is 0.978. The average molecular weight is 241 g/mol. The van der Waals surface area contributed by atoms with Gasteiger partial charge in [0, 0.05) is 0 Å². The van der Waals surface area contributed by atoms with Crippen LogP contribution in [-0.2, 0) is 6.32 Å². The quantitative estimate of drug-likeness (QED) is 0.663. The third kappa shape index (κ3) is 3.64. The lowest BCUT2D eigenvalue weighted by Crippen LogP contribution is -2.10. The second-order valence-electron chi connectivity index (χ2n) is 6.09. The maximum absolute atomic E-state index is 2.51. The summed E-state index contributed by atoms with van der Waals surface area (Å²) in [5, 5.41) is 0. The monoisotopic (exact) mass is 241 g/mol. The zero-order valence-electron chi connectivity index (χ0n) is 12.3. The molecule has 1 saturated carbocycles. The lowest BCUT2D eigenvalue weighted by atomic mass is 9.62. The van der Waals surface area contributed by atoms with Crippen LogP contribution in [0.25, 0.3) is 0 Å². The van der Waals surface area contributed by atoms with Gasteiger partial charge in [-0.1, -0.05) is 62.4 Å². The van der Waals surface area contributed by atoms with E-state index in [1.807, 2.05) is 0 Å². The fourth-order valence-corrected chi connectivity index (χ4v) is 3.15. The van der Waals surface area contributed by atoms with Gasteiger partial charge < -0.3 is 0 Å². The molecule has 0 nitrogen and oxygen atoms in total. The fraction of sp³-hybridized carbons (Fsp3) is 0.647. The Balaban J connectivity index is 1.82. The van der Waals surface area contributed by atoms with E-state index in [1.54, 1.807) is 0 Å². The molecule has 2 rings (SSSR count). The van der Waals surface area contributed by atoms with Gasteiger partial charge >= 0.3 is 0 Å². The van der Waals surface area contributed by atoms with Gasteiger partial charge in [0.1, 0.15) is 7.28 Å². The molecule has 1 aliphatic rings. The van der Waals surface area contributed by atoms with E-state index in [1.165, 1.54) is 60.7 Å². The van der Waals surface area contributed by atoms with Gasteiger partial charge in [-0.25, -0.2) is 0 Å². The van der Waals surface area contributed by atoms with Crippen LogP contribution < -0.4 is 0 Å². The van der Waals surface area contributed by atoms with Gasteiger partial charge in [-0.05, 0) is 43.4 Å². The highest BCUT2D eigenvalue weighted by atomic mass is 14.1. The molecule has 1 aliphatic carbocycles. The van der Waals surface area contributed by atoms with Crippen LogP contribution in [0, 0.1) is 26.7 Å². The van der Waals surface area contributed by atoms with Gasteiger partial charge in [-0.3, -0.25) is 0 Å². The minimum atomic E-state index is 0.978. The molecule has 0 spiro atoms. The van der Waals surface area contributed by atoms with E-state index in [2.05, 4.69) is 40.2 Å². The standard InChI is InChI=1S/C17H26B/c1-13-9-17(10-14(2)15(13)3)12-18-11-16-7-5-4-6-8-16/h9-10,16H,4-8,11-12H2,1-3H3. The fourth-order valence-electron chi connectivity index (χ4n) is 3.15. The van der Waals surface area contributed by atoms with Gasteiger partial charge in [0.2, 0.25) is 0 Å². The van der Waals surface area contributed by atoms with Crippen molar-refractivity contribution in [3.63, 3.8) is 0 Å². The van der Waals surface area contributed by atoms with Gasteiger partial charge in [-0.2, -0.15) is 0 Å². The summed E-state index contributed by atoms with van der Waals surface area (Å²) < 4.78 is 0. The Hall–Kier alpha value is -0.715. The van der Waals surface area contributed by atoms with Crippen LogP contribution in [0.4, 0.5) is 0 Å². The molecule has 1 fully saturated rings. The zero-order chi connectivity index (χ0) is 13.0. The highest BCUT2D eigenvalue weighted by Crippen LogP contribution is 2.26. The maximum Gasteiger partial charge on any atom is 0.115 e. The van der Waals surface area contributed by atoms with E-state index in [-0.39, 0.29) is 0 Å². The summed E-state index contributed by atoms with van der Waals surface area (Å²) in [6.07, 6.45) is 9.78. The molecule has 1 heteroatoms. The van der Waals surface area contributed by atoms with Crippen LogP contribution in [-0.4, -0.2) is 7.28 Å². The van der Waals surface area contributed by atoms with Gasteiger partial charge in [0.15, 0.2) is 0 Å². The third-order valence-corrected chi connectivity index (χ3v) is 4.59. The van der Waals surface area contributed by atoms with E-state index in [0.29, 0.717) is 0 Å². The second kappa shape index (κ2) is 6.45. The highest BCUT2D eigenvalue weighted by Gasteiger charge is 2.13. The number of rotatable bonds is 4. The first-order valence-electron chi connectivity index (χ1n) is 7.55. The molecule has 0 N–H and O–H groups in total. The van der Waals surface area contributed by atoms with Crippen LogP contribution >= 0.6 is 0 Å². The summed E-state index contributed by atoms with van der Waals surface area (Å²) in [6.45, 7) is 6.68. The summed E-state index contributed by atoms with van der Waals surface area (Å²) in [4.78, 5) is 0. The predicted octanol–water partition coefficient (Wildman–Crippen LogP) is 4.81. The Morgan fingerprint density at radius 2 is 1.61 bits per heavy atom. The van der Waals surface area contributed by atoms with Crippen LogP contribution in [0.5, 0.6) is 0 Å². The number of benzene rings is 1. The largest absolute Gasteiger partial charge is 0.115 e. The molecule has 0 bridgehead atoms. The van der Waals surface area contributed by atoms with E-state index >= 15 is 0 Å². The first kappa shape index (κ1) is 13.7.